The largest absolute Gasteiger partial charge is 0.300 e. The van der Waals surface area contributed by atoms with Crippen LogP contribution in [0, 0.1) is 12.8 Å². The molecule has 0 saturated carbocycles. The number of piperidine rings is 1. The van der Waals surface area contributed by atoms with Gasteiger partial charge in [0.2, 0.25) is 21.1 Å². The maximum Gasteiger partial charge on any atom is 0.229 e. The molecule has 10 heteroatoms. The number of aromatic nitrogens is 2. The Labute approximate surface area is 202 Å². The summed E-state index contributed by atoms with van der Waals surface area (Å²) in [5.41, 5.74) is 2.98. The van der Waals surface area contributed by atoms with Crippen molar-refractivity contribution in [2.45, 2.75) is 35.6 Å². The zero-order chi connectivity index (χ0) is 23.3. The Morgan fingerprint density at radius 3 is 2.52 bits per heavy atom. The van der Waals surface area contributed by atoms with E-state index >= 15 is 0 Å². The monoisotopic (exact) mass is 502 g/mol. The van der Waals surface area contributed by atoms with Crippen LogP contribution in [0.3, 0.4) is 0 Å². The highest BCUT2D eigenvalue weighted by molar-refractivity contribution is 8.00. The second kappa shape index (κ2) is 10.8. The number of hydrogen-bond donors (Lipinski definition) is 1. The fraction of sp³-hybridized carbons (Fsp3) is 0.348. The first-order valence-electron chi connectivity index (χ1n) is 10.7. The molecule has 4 rings (SSSR count). The van der Waals surface area contributed by atoms with E-state index in [1.165, 1.54) is 21.2 Å². The maximum absolute atomic E-state index is 12.8. The number of sulfonamides is 1. The van der Waals surface area contributed by atoms with Crippen molar-refractivity contribution < 1.29 is 13.2 Å². The average Bonchev–Trinajstić information content (AvgIpc) is 3.27. The van der Waals surface area contributed by atoms with E-state index in [1.807, 2.05) is 49.4 Å². The molecule has 2 aromatic carbocycles. The first kappa shape index (κ1) is 23.9. The van der Waals surface area contributed by atoms with Crippen molar-refractivity contribution in [2.24, 2.45) is 5.92 Å². The lowest BCUT2D eigenvalue weighted by atomic mass is 9.97. The van der Waals surface area contributed by atoms with E-state index in [-0.39, 0.29) is 17.6 Å². The zero-order valence-corrected chi connectivity index (χ0v) is 20.8. The normalized spacial score (nSPS) is 15.4. The molecule has 1 N–H and O–H groups in total. The summed E-state index contributed by atoms with van der Waals surface area (Å²) in [5.74, 6) is 0.421. The van der Waals surface area contributed by atoms with E-state index in [9.17, 15) is 13.2 Å². The predicted octanol–water partition coefficient (Wildman–Crippen LogP) is 4.32. The van der Waals surface area contributed by atoms with Gasteiger partial charge in [-0.3, -0.25) is 4.79 Å². The van der Waals surface area contributed by atoms with Crippen LogP contribution in [-0.2, 0) is 26.3 Å². The minimum Gasteiger partial charge on any atom is -0.300 e. The molecule has 174 valence electrons. The highest BCUT2D eigenvalue weighted by atomic mass is 32.2. The molecule has 0 aliphatic carbocycles. The van der Waals surface area contributed by atoms with Crippen LogP contribution >= 0.6 is 23.1 Å². The zero-order valence-electron chi connectivity index (χ0n) is 18.3. The highest BCUT2D eigenvalue weighted by Gasteiger charge is 2.31. The third-order valence-electron chi connectivity index (χ3n) is 5.66. The first-order chi connectivity index (χ1) is 15.9. The molecule has 0 radical (unpaired) electrons. The molecule has 1 aliphatic heterocycles. The van der Waals surface area contributed by atoms with Gasteiger partial charge in [0.1, 0.15) is 0 Å². The summed E-state index contributed by atoms with van der Waals surface area (Å²) in [6.07, 6.45) is 0.987. The molecule has 1 saturated heterocycles. The molecule has 0 atom stereocenters. The molecule has 3 aromatic rings. The lowest BCUT2D eigenvalue weighted by molar-refractivity contribution is -0.120. The Bertz CT molecular complexity index is 1190. The van der Waals surface area contributed by atoms with Gasteiger partial charge in [0.25, 0.3) is 0 Å². The van der Waals surface area contributed by atoms with Crippen molar-refractivity contribution in [3.63, 3.8) is 0 Å². The number of nitrogens with zero attached hydrogens (tertiary/aromatic N) is 3. The van der Waals surface area contributed by atoms with E-state index in [4.69, 9.17) is 0 Å². The van der Waals surface area contributed by atoms with Gasteiger partial charge in [-0.15, -0.1) is 10.2 Å². The number of carbonyl (C=O) groups excluding carboxylic acids is 1. The Hall–Kier alpha value is -2.27. The van der Waals surface area contributed by atoms with E-state index in [2.05, 4.69) is 27.6 Å². The predicted molar refractivity (Wildman–Crippen MR) is 133 cm³/mol. The highest BCUT2D eigenvalue weighted by Crippen LogP contribution is 2.29. The number of anilines is 1. The third kappa shape index (κ3) is 6.41. The van der Waals surface area contributed by atoms with Gasteiger partial charge in [-0.25, -0.2) is 12.7 Å². The Balaban J connectivity index is 1.26. The molecule has 0 bridgehead atoms. The Kier molecular flexibility index (Phi) is 7.79. The minimum atomic E-state index is -3.41. The standard InChI is InChI=1S/C23H26N4O3S3/c1-17-7-5-6-10-20(17)16-33(29,30)27-13-11-19(12-14-27)21(28)24-22-25-26-23(32-22)31-15-18-8-3-2-4-9-18/h2-10,19H,11-16H2,1H3,(H,24,25,28). The van der Waals surface area contributed by atoms with Crippen LogP contribution in [0.15, 0.2) is 58.9 Å². The molecular formula is C23H26N4O3S3. The molecular weight excluding hydrogens is 476 g/mol. The van der Waals surface area contributed by atoms with Crippen LogP contribution in [0.25, 0.3) is 0 Å². The maximum atomic E-state index is 12.8. The van der Waals surface area contributed by atoms with Crippen LogP contribution in [0.1, 0.15) is 29.5 Å². The first-order valence-corrected chi connectivity index (χ1v) is 14.2. The molecule has 0 spiro atoms. The van der Waals surface area contributed by atoms with E-state index in [0.29, 0.717) is 31.1 Å². The quantitative estimate of drug-likeness (QED) is 0.364. The van der Waals surface area contributed by atoms with Gasteiger partial charge in [-0.2, -0.15) is 0 Å². The summed E-state index contributed by atoms with van der Waals surface area (Å²) in [5, 5.41) is 11.6. The molecule has 1 aliphatic rings. The number of aryl methyl sites for hydroxylation is 1. The molecule has 2 heterocycles. The smallest absolute Gasteiger partial charge is 0.229 e. The summed E-state index contributed by atoms with van der Waals surface area (Å²) < 4.78 is 28.0. The fourth-order valence-electron chi connectivity index (χ4n) is 3.70. The van der Waals surface area contributed by atoms with Crippen molar-refractivity contribution in [2.75, 3.05) is 18.4 Å². The summed E-state index contributed by atoms with van der Waals surface area (Å²) in [4.78, 5) is 12.7. The molecule has 33 heavy (non-hydrogen) atoms. The van der Waals surface area contributed by atoms with Gasteiger partial charge in [-0.05, 0) is 36.5 Å². The molecule has 1 fully saturated rings. The Morgan fingerprint density at radius 2 is 1.79 bits per heavy atom. The van der Waals surface area contributed by atoms with Gasteiger partial charge in [0.05, 0.1) is 5.75 Å². The van der Waals surface area contributed by atoms with Crippen LogP contribution in [0.2, 0.25) is 0 Å². The van der Waals surface area contributed by atoms with Crippen molar-refractivity contribution in [3.05, 3.63) is 71.3 Å². The van der Waals surface area contributed by atoms with Crippen molar-refractivity contribution in [3.8, 4) is 0 Å². The van der Waals surface area contributed by atoms with Crippen molar-refractivity contribution in [1.29, 1.82) is 0 Å². The summed E-state index contributed by atoms with van der Waals surface area (Å²) in [6.45, 7) is 2.61. The average molecular weight is 503 g/mol. The van der Waals surface area contributed by atoms with Crippen molar-refractivity contribution >= 4 is 44.2 Å². The van der Waals surface area contributed by atoms with Crippen LogP contribution in [0.4, 0.5) is 5.13 Å². The van der Waals surface area contributed by atoms with Crippen LogP contribution in [0.5, 0.6) is 0 Å². The lowest BCUT2D eigenvalue weighted by Crippen LogP contribution is -2.41. The number of benzene rings is 2. The van der Waals surface area contributed by atoms with E-state index < -0.39 is 10.0 Å². The molecule has 0 unspecified atom stereocenters. The third-order valence-corrected chi connectivity index (χ3v) is 9.53. The second-order valence-electron chi connectivity index (χ2n) is 7.99. The van der Waals surface area contributed by atoms with Crippen molar-refractivity contribution in [1.82, 2.24) is 14.5 Å². The van der Waals surface area contributed by atoms with Crippen LogP contribution < -0.4 is 5.32 Å². The van der Waals surface area contributed by atoms with Gasteiger partial charge in [0.15, 0.2) is 4.34 Å². The number of amides is 1. The molecule has 7 nitrogen and oxygen atoms in total. The summed E-state index contributed by atoms with van der Waals surface area (Å²) in [6, 6.07) is 17.6. The van der Waals surface area contributed by atoms with E-state index in [1.54, 1.807) is 11.8 Å². The fourth-order valence-corrected chi connectivity index (χ4v) is 7.08. The van der Waals surface area contributed by atoms with Crippen LogP contribution in [-0.4, -0.2) is 41.9 Å². The molecule has 1 aromatic heterocycles. The van der Waals surface area contributed by atoms with Gasteiger partial charge >= 0.3 is 0 Å². The Morgan fingerprint density at radius 1 is 1.09 bits per heavy atom. The van der Waals surface area contributed by atoms with Gasteiger partial charge in [0, 0.05) is 24.8 Å². The second-order valence-corrected chi connectivity index (χ2v) is 12.2. The van der Waals surface area contributed by atoms with Gasteiger partial charge < -0.3 is 5.32 Å². The number of hydrogen-bond acceptors (Lipinski definition) is 7. The summed E-state index contributed by atoms with van der Waals surface area (Å²) in [7, 11) is -3.41. The lowest BCUT2D eigenvalue weighted by Gasteiger charge is -2.30. The number of nitrogens with one attached hydrogen (secondary N) is 1. The topological polar surface area (TPSA) is 92.3 Å². The number of carbonyl (C=O) groups is 1. The van der Waals surface area contributed by atoms with E-state index in [0.717, 1.165) is 21.2 Å². The SMILES string of the molecule is Cc1ccccc1CS(=O)(=O)N1CCC(C(=O)Nc2nnc(SCc3ccccc3)s2)CC1. The van der Waals surface area contributed by atoms with Gasteiger partial charge in [-0.1, -0.05) is 77.7 Å². The number of rotatable bonds is 8. The summed E-state index contributed by atoms with van der Waals surface area (Å²) >= 11 is 2.94. The number of thioether (sulfide) groups is 1. The minimum absolute atomic E-state index is 0.00918. The molecule has 1 amide bonds.